The van der Waals surface area contributed by atoms with E-state index in [1.807, 2.05) is 6.07 Å². The Morgan fingerprint density at radius 1 is 1.35 bits per heavy atom. The minimum atomic E-state index is 0.0178. The van der Waals surface area contributed by atoms with E-state index in [1.54, 1.807) is 16.8 Å². The molecule has 120 valence electrons. The normalized spacial score (nSPS) is 20.7. The number of nitrogens with one attached hydrogen (secondary N) is 2. The third-order valence-electron chi connectivity index (χ3n) is 4.31. The van der Waals surface area contributed by atoms with E-state index in [2.05, 4.69) is 26.2 Å². The zero-order chi connectivity index (χ0) is 15.8. The van der Waals surface area contributed by atoms with Crippen molar-refractivity contribution in [1.82, 2.24) is 25.5 Å². The minimum Gasteiger partial charge on any atom is -0.326 e. The van der Waals surface area contributed by atoms with Gasteiger partial charge in [-0.15, -0.1) is 5.10 Å². The zero-order valence-corrected chi connectivity index (χ0v) is 13.3. The van der Waals surface area contributed by atoms with Crippen LogP contribution in [0.1, 0.15) is 31.0 Å². The van der Waals surface area contributed by atoms with Crippen molar-refractivity contribution in [3.8, 4) is 5.69 Å². The number of carbonyl (C=O) groups is 1. The van der Waals surface area contributed by atoms with Gasteiger partial charge in [-0.1, -0.05) is 11.6 Å². The lowest BCUT2D eigenvalue weighted by Crippen LogP contribution is -2.24. The smallest absolute Gasteiger partial charge is 0.228 e. The van der Waals surface area contributed by atoms with Crippen LogP contribution >= 0.6 is 11.6 Å². The molecule has 2 N–H and O–H groups in total. The molecule has 2 heterocycles. The summed E-state index contributed by atoms with van der Waals surface area (Å²) in [4.78, 5) is 12.3. The van der Waals surface area contributed by atoms with E-state index in [0.717, 1.165) is 38.2 Å². The molecule has 1 atom stereocenters. The number of benzene rings is 1. The average molecular weight is 333 g/mol. The fraction of sp³-hybridized carbons (Fsp3) is 0.467. The first kappa shape index (κ1) is 14.6. The van der Waals surface area contributed by atoms with Gasteiger partial charge in [0, 0.05) is 18.2 Å². The van der Waals surface area contributed by atoms with E-state index in [9.17, 15) is 4.79 Å². The highest BCUT2D eigenvalue weighted by Gasteiger charge is 2.30. The van der Waals surface area contributed by atoms with Crippen molar-refractivity contribution in [2.45, 2.75) is 25.2 Å². The van der Waals surface area contributed by atoms with Crippen molar-refractivity contribution >= 4 is 23.2 Å². The van der Waals surface area contributed by atoms with Crippen molar-refractivity contribution in [2.75, 3.05) is 18.4 Å². The van der Waals surface area contributed by atoms with Crippen LogP contribution in [0, 0.1) is 5.92 Å². The Balaban J connectivity index is 1.60. The van der Waals surface area contributed by atoms with Gasteiger partial charge in [0.05, 0.1) is 16.6 Å². The lowest BCUT2D eigenvalue weighted by atomic mass is 10.1. The van der Waals surface area contributed by atoms with Crippen LogP contribution in [0.4, 0.5) is 5.69 Å². The summed E-state index contributed by atoms with van der Waals surface area (Å²) in [5, 5.41) is 18.6. The zero-order valence-electron chi connectivity index (χ0n) is 12.5. The molecular weight excluding hydrogens is 316 g/mol. The molecule has 1 unspecified atom stereocenters. The largest absolute Gasteiger partial charge is 0.326 e. The van der Waals surface area contributed by atoms with Gasteiger partial charge in [0.15, 0.2) is 5.82 Å². The molecule has 1 saturated carbocycles. The summed E-state index contributed by atoms with van der Waals surface area (Å²) in [5.74, 6) is 1.28. The Hall–Kier alpha value is -1.99. The molecule has 4 rings (SSSR count). The first-order chi connectivity index (χ1) is 11.2. The second kappa shape index (κ2) is 5.90. The topological polar surface area (TPSA) is 84.7 Å². The number of tetrazole rings is 1. The van der Waals surface area contributed by atoms with Crippen molar-refractivity contribution in [3.63, 3.8) is 0 Å². The van der Waals surface area contributed by atoms with E-state index < -0.39 is 0 Å². The molecule has 1 amide bonds. The molecule has 8 heteroatoms. The Labute approximate surface area is 138 Å². The molecule has 1 aromatic carbocycles. The molecule has 1 aromatic heterocycles. The Bertz CT molecular complexity index is 735. The fourth-order valence-electron chi connectivity index (χ4n) is 2.84. The van der Waals surface area contributed by atoms with Crippen LogP contribution in [0.3, 0.4) is 0 Å². The number of anilines is 1. The predicted octanol–water partition coefficient (Wildman–Crippen LogP) is 1.74. The van der Waals surface area contributed by atoms with Crippen molar-refractivity contribution < 1.29 is 4.79 Å². The molecule has 2 aromatic rings. The first-order valence-corrected chi connectivity index (χ1v) is 8.20. The van der Waals surface area contributed by atoms with Gasteiger partial charge in [-0.05, 0) is 54.4 Å². The number of rotatable bonds is 4. The lowest BCUT2D eigenvalue weighted by molar-refractivity contribution is -0.119. The van der Waals surface area contributed by atoms with E-state index in [-0.39, 0.29) is 11.8 Å². The summed E-state index contributed by atoms with van der Waals surface area (Å²) >= 11 is 6.31. The molecule has 2 aliphatic rings. The summed E-state index contributed by atoms with van der Waals surface area (Å²) in [5.41, 5.74) is 1.40. The highest BCUT2D eigenvalue weighted by molar-refractivity contribution is 6.32. The summed E-state index contributed by atoms with van der Waals surface area (Å²) in [6.45, 7) is 1.62. The highest BCUT2D eigenvalue weighted by atomic mass is 35.5. The number of amides is 1. The van der Waals surface area contributed by atoms with Gasteiger partial charge >= 0.3 is 0 Å². The minimum absolute atomic E-state index is 0.0178. The maximum atomic E-state index is 12.3. The van der Waals surface area contributed by atoms with Crippen LogP contribution in [-0.4, -0.2) is 39.2 Å². The maximum absolute atomic E-state index is 12.3. The van der Waals surface area contributed by atoms with Gasteiger partial charge < -0.3 is 10.6 Å². The number of aromatic nitrogens is 4. The van der Waals surface area contributed by atoms with Gasteiger partial charge in [-0.25, -0.2) is 0 Å². The summed E-state index contributed by atoms with van der Waals surface area (Å²) in [6, 6.07) is 5.38. The Morgan fingerprint density at radius 2 is 2.22 bits per heavy atom. The molecular formula is C15H17ClN6O. The molecule has 2 fully saturated rings. The second-order valence-electron chi connectivity index (χ2n) is 6.07. The summed E-state index contributed by atoms with van der Waals surface area (Å²) < 4.78 is 1.67. The van der Waals surface area contributed by atoms with Gasteiger partial charge in [0.1, 0.15) is 0 Å². The van der Waals surface area contributed by atoms with E-state index in [0.29, 0.717) is 22.3 Å². The molecule has 0 bridgehead atoms. The quantitative estimate of drug-likeness (QED) is 0.891. The average Bonchev–Trinajstić information content (AvgIpc) is 3.04. The van der Waals surface area contributed by atoms with Crippen molar-refractivity contribution in [3.05, 3.63) is 29.0 Å². The van der Waals surface area contributed by atoms with Crippen LogP contribution in [0.15, 0.2) is 18.2 Å². The SMILES string of the molecule is O=C(Nc1ccc(Cl)c(-n2nnnc2C2CC2)c1)C1CCNC1. The molecule has 0 spiro atoms. The van der Waals surface area contributed by atoms with Crippen molar-refractivity contribution in [2.24, 2.45) is 5.92 Å². The van der Waals surface area contributed by atoms with Gasteiger partial charge in [-0.2, -0.15) is 4.68 Å². The fourth-order valence-corrected chi connectivity index (χ4v) is 3.03. The van der Waals surface area contributed by atoms with Crippen LogP contribution in [0.25, 0.3) is 5.69 Å². The van der Waals surface area contributed by atoms with Gasteiger partial charge in [0.25, 0.3) is 0 Å². The van der Waals surface area contributed by atoms with E-state index in [1.165, 1.54) is 0 Å². The molecule has 1 aliphatic heterocycles. The number of nitrogens with zero attached hydrogens (tertiary/aromatic N) is 4. The first-order valence-electron chi connectivity index (χ1n) is 7.82. The number of carbonyl (C=O) groups excluding carboxylic acids is 1. The second-order valence-corrected chi connectivity index (χ2v) is 6.48. The molecule has 0 radical (unpaired) electrons. The molecule has 23 heavy (non-hydrogen) atoms. The van der Waals surface area contributed by atoms with Crippen LogP contribution in [0.2, 0.25) is 5.02 Å². The predicted molar refractivity (Wildman–Crippen MR) is 85.7 cm³/mol. The molecule has 1 saturated heterocycles. The van der Waals surface area contributed by atoms with E-state index >= 15 is 0 Å². The van der Waals surface area contributed by atoms with Crippen LogP contribution in [-0.2, 0) is 4.79 Å². The van der Waals surface area contributed by atoms with Gasteiger partial charge in [0.2, 0.25) is 5.91 Å². The third-order valence-corrected chi connectivity index (χ3v) is 4.63. The lowest BCUT2D eigenvalue weighted by Gasteiger charge is -2.12. The maximum Gasteiger partial charge on any atom is 0.228 e. The summed E-state index contributed by atoms with van der Waals surface area (Å²) in [7, 11) is 0. The van der Waals surface area contributed by atoms with Crippen LogP contribution < -0.4 is 10.6 Å². The van der Waals surface area contributed by atoms with Gasteiger partial charge in [-0.3, -0.25) is 4.79 Å². The summed E-state index contributed by atoms with van der Waals surface area (Å²) in [6.07, 6.45) is 3.07. The monoisotopic (exact) mass is 332 g/mol. The number of hydrogen-bond donors (Lipinski definition) is 2. The molecule has 7 nitrogen and oxygen atoms in total. The van der Waals surface area contributed by atoms with Crippen molar-refractivity contribution in [1.29, 1.82) is 0 Å². The molecule has 1 aliphatic carbocycles. The third kappa shape index (κ3) is 2.94. The Kier molecular flexibility index (Phi) is 3.74. The van der Waals surface area contributed by atoms with E-state index in [4.69, 9.17) is 11.6 Å². The van der Waals surface area contributed by atoms with Crippen LogP contribution in [0.5, 0.6) is 0 Å². The standard InChI is InChI=1S/C15H17ClN6O/c16-12-4-3-11(18-15(23)10-5-6-17-8-10)7-13(12)22-14(9-1-2-9)19-20-21-22/h3-4,7,9-10,17H,1-2,5-6,8H2,(H,18,23). The number of halogens is 1. The number of hydrogen-bond acceptors (Lipinski definition) is 5. The Morgan fingerprint density at radius 3 is 2.96 bits per heavy atom. The highest BCUT2D eigenvalue weighted by Crippen LogP contribution is 2.40.